The molecule has 0 aliphatic carbocycles. The number of benzene rings is 2. The van der Waals surface area contributed by atoms with Crippen molar-refractivity contribution >= 4 is 29.1 Å². The van der Waals surface area contributed by atoms with Crippen LogP contribution in [0.25, 0.3) is 0 Å². The number of nitro groups is 1. The van der Waals surface area contributed by atoms with E-state index in [2.05, 4.69) is 5.32 Å². The smallest absolute Gasteiger partial charge is 0.311 e. The van der Waals surface area contributed by atoms with Crippen molar-refractivity contribution in [1.29, 1.82) is 0 Å². The average Bonchev–Trinajstić information content (AvgIpc) is 2.83. The molecule has 0 saturated heterocycles. The Bertz CT molecular complexity index is 1000. The molecule has 2 aromatic carbocycles. The lowest BCUT2D eigenvalue weighted by Crippen LogP contribution is -2.50. The van der Waals surface area contributed by atoms with Gasteiger partial charge in [-0.3, -0.25) is 19.7 Å². The van der Waals surface area contributed by atoms with E-state index in [0.717, 1.165) is 12.8 Å². The third-order valence-electron chi connectivity index (χ3n) is 5.22. The number of methoxy groups -OCH3 is 1. The maximum Gasteiger partial charge on any atom is 0.311 e. The maximum atomic E-state index is 13.2. The summed E-state index contributed by atoms with van der Waals surface area (Å²) < 4.78 is 10.7. The molecule has 1 N–H and O–H groups in total. The number of carbonyl (C=O) groups is 2. The lowest BCUT2D eigenvalue weighted by molar-refractivity contribution is -0.385. The Morgan fingerprint density at radius 3 is 2.56 bits per heavy atom. The molecule has 10 heteroatoms. The minimum atomic E-state index is -0.712. The summed E-state index contributed by atoms with van der Waals surface area (Å²) in [5.41, 5.74) is 0.491. The van der Waals surface area contributed by atoms with E-state index in [1.165, 1.54) is 30.2 Å². The zero-order chi connectivity index (χ0) is 25.1. The van der Waals surface area contributed by atoms with Crippen molar-refractivity contribution in [3.05, 3.63) is 63.2 Å². The van der Waals surface area contributed by atoms with Gasteiger partial charge in [-0.25, -0.2) is 0 Å². The van der Waals surface area contributed by atoms with Gasteiger partial charge in [0, 0.05) is 30.2 Å². The number of unbranched alkanes of at least 4 members (excludes halogenated alkanes) is 1. The molecule has 0 heterocycles. The Balaban J connectivity index is 2.23. The first-order chi connectivity index (χ1) is 16.3. The minimum absolute atomic E-state index is 0.0182. The highest BCUT2D eigenvalue weighted by Gasteiger charge is 2.29. The summed E-state index contributed by atoms with van der Waals surface area (Å²) >= 11 is 6.31. The van der Waals surface area contributed by atoms with Gasteiger partial charge >= 0.3 is 5.69 Å². The number of nitrogens with one attached hydrogen (secondary N) is 1. The van der Waals surface area contributed by atoms with Crippen LogP contribution in [0.3, 0.4) is 0 Å². The van der Waals surface area contributed by atoms with E-state index in [4.69, 9.17) is 21.1 Å². The Morgan fingerprint density at radius 2 is 1.94 bits per heavy atom. The Hall–Kier alpha value is -3.33. The van der Waals surface area contributed by atoms with Crippen molar-refractivity contribution in [3.8, 4) is 11.5 Å². The van der Waals surface area contributed by atoms with Crippen molar-refractivity contribution in [2.75, 3.05) is 20.3 Å². The van der Waals surface area contributed by atoms with Gasteiger partial charge in [-0.1, -0.05) is 50.1 Å². The fourth-order valence-electron chi connectivity index (χ4n) is 3.36. The van der Waals surface area contributed by atoms with E-state index in [9.17, 15) is 19.7 Å². The predicted molar refractivity (Wildman–Crippen MR) is 129 cm³/mol. The van der Waals surface area contributed by atoms with Gasteiger partial charge in [-0.2, -0.15) is 0 Å². The SMILES string of the molecule is CCCCNC(=O)[C@H](CC)N(Cc1ccccc1Cl)C(=O)COc1ccc([N+](=O)[O-])c(OC)c1. The lowest BCUT2D eigenvalue weighted by Gasteiger charge is -2.31. The van der Waals surface area contributed by atoms with Crippen LogP contribution in [0, 0.1) is 10.1 Å². The van der Waals surface area contributed by atoms with E-state index >= 15 is 0 Å². The molecule has 9 nitrogen and oxygen atoms in total. The van der Waals surface area contributed by atoms with E-state index in [1.54, 1.807) is 18.2 Å². The minimum Gasteiger partial charge on any atom is -0.490 e. The van der Waals surface area contributed by atoms with E-state index in [0.29, 0.717) is 23.6 Å². The molecule has 0 saturated carbocycles. The average molecular weight is 492 g/mol. The van der Waals surface area contributed by atoms with Gasteiger partial charge in [-0.05, 0) is 30.5 Å². The van der Waals surface area contributed by atoms with Crippen LogP contribution in [0.5, 0.6) is 11.5 Å². The molecule has 0 bridgehead atoms. The molecule has 0 spiro atoms. The normalized spacial score (nSPS) is 11.4. The standard InChI is InChI=1S/C24H30ClN3O6/c1-4-6-13-26-24(30)20(5-2)27(15-17-9-7-8-10-19(17)25)23(29)16-34-18-11-12-21(28(31)32)22(14-18)33-3/h7-12,14,20H,4-6,13,15-16H2,1-3H3,(H,26,30)/t20-/m0/s1. The number of rotatable bonds is 13. The molecular weight excluding hydrogens is 462 g/mol. The number of carbonyl (C=O) groups excluding carboxylic acids is 2. The van der Waals surface area contributed by atoms with Crippen LogP contribution in [-0.4, -0.2) is 47.9 Å². The summed E-state index contributed by atoms with van der Waals surface area (Å²) in [5.74, 6) is -0.415. The molecule has 0 aliphatic heterocycles. The highest BCUT2D eigenvalue weighted by molar-refractivity contribution is 6.31. The van der Waals surface area contributed by atoms with Crippen LogP contribution in [0.2, 0.25) is 5.02 Å². The molecule has 0 unspecified atom stereocenters. The van der Waals surface area contributed by atoms with E-state index in [1.807, 2.05) is 19.9 Å². The number of nitro benzene ring substituents is 1. The van der Waals surface area contributed by atoms with Crippen molar-refractivity contribution in [1.82, 2.24) is 10.2 Å². The van der Waals surface area contributed by atoms with Gasteiger partial charge in [0.15, 0.2) is 6.61 Å². The van der Waals surface area contributed by atoms with Gasteiger partial charge < -0.3 is 19.7 Å². The summed E-state index contributed by atoms with van der Waals surface area (Å²) in [6, 6.07) is 10.4. The molecule has 0 fully saturated rings. The molecule has 0 aliphatic rings. The molecule has 2 aromatic rings. The van der Waals surface area contributed by atoms with Crippen LogP contribution in [0.4, 0.5) is 5.69 Å². The second-order valence-corrected chi connectivity index (χ2v) is 7.97. The first kappa shape index (κ1) is 26.9. The van der Waals surface area contributed by atoms with Crippen molar-refractivity contribution < 1.29 is 24.0 Å². The topological polar surface area (TPSA) is 111 Å². The number of hydrogen-bond acceptors (Lipinski definition) is 6. The van der Waals surface area contributed by atoms with Crippen molar-refractivity contribution in [2.24, 2.45) is 0 Å². The van der Waals surface area contributed by atoms with Crippen LogP contribution in [-0.2, 0) is 16.1 Å². The van der Waals surface area contributed by atoms with Crippen LogP contribution >= 0.6 is 11.6 Å². The Labute approximate surface area is 204 Å². The molecule has 34 heavy (non-hydrogen) atoms. The molecule has 2 rings (SSSR count). The summed E-state index contributed by atoms with van der Waals surface area (Å²) in [6.45, 7) is 4.15. The molecule has 1 atom stereocenters. The van der Waals surface area contributed by atoms with Gasteiger partial charge in [0.05, 0.1) is 12.0 Å². The van der Waals surface area contributed by atoms with Crippen molar-refractivity contribution in [2.45, 2.75) is 45.7 Å². The first-order valence-corrected chi connectivity index (χ1v) is 11.5. The lowest BCUT2D eigenvalue weighted by atomic mass is 10.1. The Morgan fingerprint density at radius 1 is 1.21 bits per heavy atom. The van der Waals surface area contributed by atoms with Crippen LogP contribution in [0.15, 0.2) is 42.5 Å². The first-order valence-electron chi connectivity index (χ1n) is 11.1. The summed E-state index contributed by atoms with van der Waals surface area (Å²) in [4.78, 5) is 38.1. The third-order valence-corrected chi connectivity index (χ3v) is 5.59. The van der Waals surface area contributed by atoms with Gasteiger partial charge in [0.1, 0.15) is 11.8 Å². The quantitative estimate of drug-likeness (QED) is 0.253. The van der Waals surface area contributed by atoms with Gasteiger partial charge in [0.25, 0.3) is 5.91 Å². The highest BCUT2D eigenvalue weighted by Crippen LogP contribution is 2.31. The number of ether oxygens (including phenoxy) is 2. The monoisotopic (exact) mass is 491 g/mol. The van der Waals surface area contributed by atoms with Crippen LogP contribution < -0.4 is 14.8 Å². The van der Waals surface area contributed by atoms with Crippen LogP contribution in [0.1, 0.15) is 38.7 Å². The zero-order valence-corrected chi connectivity index (χ0v) is 20.3. The van der Waals surface area contributed by atoms with Crippen molar-refractivity contribution in [3.63, 3.8) is 0 Å². The second kappa shape index (κ2) is 13.4. The number of nitrogens with zero attached hydrogens (tertiary/aromatic N) is 2. The largest absolute Gasteiger partial charge is 0.490 e. The van der Waals surface area contributed by atoms with Gasteiger partial charge in [-0.15, -0.1) is 0 Å². The summed E-state index contributed by atoms with van der Waals surface area (Å²) in [7, 11) is 1.31. The molecule has 0 aromatic heterocycles. The molecule has 184 valence electrons. The summed E-state index contributed by atoms with van der Waals surface area (Å²) in [5, 5.41) is 14.5. The highest BCUT2D eigenvalue weighted by atomic mass is 35.5. The fraction of sp³-hybridized carbons (Fsp3) is 0.417. The summed E-state index contributed by atoms with van der Waals surface area (Å²) in [6.07, 6.45) is 2.18. The number of halogens is 1. The maximum absolute atomic E-state index is 13.2. The third kappa shape index (κ3) is 7.34. The van der Waals surface area contributed by atoms with Gasteiger partial charge in [0.2, 0.25) is 11.7 Å². The zero-order valence-electron chi connectivity index (χ0n) is 19.6. The number of hydrogen-bond donors (Lipinski definition) is 1. The molecule has 2 amide bonds. The predicted octanol–water partition coefficient (Wildman–Crippen LogP) is 4.36. The molecular formula is C24H30ClN3O6. The second-order valence-electron chi connectivity index (χ2n) is 7.56. The van der Waals surface area contributed by atoms with E-state index in [-0.39, 0.29) is 36.2 Å². The van der Waals surface area contributed by atoms with E-state index < -0.39 is 16.9 Å². The number of amides is 2. The fourth-order valence-corrected chi connectivity index (χ4v) is 3.56. The molecule has 0 radical (unpaired) electrons. The Kier molecular flexibility index (Phi) is 10.6.